The van der Waals surface area contributed by atoms with Crippen molar-refractivity contribution in [2.24, 2.45) is 0 Å². The number of phenols is 1. The van der Waals surface area contributed by atoms with E-state index >= 15 is 0 Å². The first kappa shape index (κ1) is 18.9. The van der Waals surface area contributed by atoms with Gasteiger partial charge in [-0.05, 0) is 69.0 Å². The van der Waals surface area contributed by atoms with Gasteiger partial charge in [-0.2, -0.15) is 0 Å². The van der Waals surface area contributed by atoms with Gasteiger partial charge in [-0.15, -0.1) is 0 Å². The summed E-state index contributed by atoms with van der Waals surface area (Å²) < 4.78 is 13.4. The molecule has 4 nitrogen and oxygen atoms in total. The summed E-state index contributed by atoms with van der Waals surface area (Å²) in [6.07, 6.45) is 1.37. The Morgan fingerprint density at radius 3 is 2.40 bits per heavy atom. The number of aliphatic hydroxyl groups is 1. The molecule has 0 aliphatic rings. The number of benzene rings is 2. The minimum atomic E-state index is -0.717. The number of nitrogens with one attached hydrogen (secondary N) is 1. The molecular weight excluding hydrogens is 321 g/mol. The van der Waals surface area contributed by atoms with Crippen molar-refractivity contribution in [1.82, 2.24) is 5.32 Å². The number of rotatable bonds is 6. The molecule has 1 atom stereocenters. The summed E-state index contributed by atoms with van der Waals surface area (Å²) in [4.78, 5) is 12.3. The molecule has 0 unspecified atom stereocenters. The van der Waals surface area contributed by atoms with Crippen molar-refractivity contribution >= 4 is 5.91 Å². The fourth-order valence-electron chi connectivity index (χ4n) is 2.43. The van der Waals surface area contributed by atoms with Crippen LogP contribution < -0.4 is 5.32 Å². The van der Waals surface area contributed by atoms with Crippen LogP contribution in [0.25, 0.3) is 0 Å². The highest BCUT2D eigenvalue weighted by atomic mass is 19.1. The van der Waals surface area contributed by atoms with E-state index in [0.717, 1.165) is 12.0 Å². The highest BCUT2D eigenvalue weighted by Gasteiger charge is 2.14. The number of carbonyl (C=O) groups excluding carboxylic acids is 1. The van der Waals surface area contributed by atoms with Gasteiger partial charge in [-0.25, -0.2) is 4.39 Å². The summed E-state index contributed by atoms with van der Waals surface area (Å²) in [5.74, 6) is -1.38. The zero-order chi connectivity index (χ0) is 18.6. The number of carbonyl (C=O) groups is 1. The van der Waals surface area contributed by atoms with Crippen LogP contribution in [0, 0.1) is 5.82 Å². The van der Waals surface area contributed by atoms with Crippen molar-refractivity contribution in [2.45, 2.75) is 45.3 Å². The molecule has 134 valence electrons. The predicted molar refractivity (Wildman–Crippen MR) is 95.0 cm³/mol. The lowest BCUT2D eigenvalue weighted by atomic mass is 9.98. The molecule has 25 heavy (non-hydrogen) atoms. The molecule has 3 N–H and O–H groups in total. The largest absolute Gasteiger partial charge is 0.505 e. The maximum Gasteiger partial charge on any atom is 0.251 e. The van der Waals surface area contributed by atoms with Crippen molar-refractivity contribution in [1.29, 1.82) is 0 Å². The number of amides is 1. The lowest BCUT2D eigenvalue weighted by molar-refractivity contribution is 0.0713. The Morgan fingerprint density at radius 1 is 1.20 bits per heavy atom. The Balaban J connectivity index is 1.99. The molecule has 2 rings (SSSR count). The third kappa shape index (κ3) is 5.57. The smallest absolute Gasteiger partial charge is 0.251 e. The van der Waals surface area contributed by atoms with Gasteiger partial charge < -0.3 is 15.5 Å². The zero-order valence-electron chi connectivity index (χ0n) is 14.7. The van der Waals surface area contributed by atoms with Crippen molar-refractivity contribution in [3.05, 3.63) is 65.0 Å². The van der Waals surface area contributed by atoms with E-state index < -0.39 is 23.2 Å². The highest BCUT2D eigenvalue weighted by Crippen LogP contribution is 2.21. The van der Waals surface area contributed by atoms with E-state index in [1.54, 1.807) is 39.0 Å². The zero-order valence-corrected chi connectivity index (χ0v) is 14.7. The fraction of sp³-hybridized carbons (Fsp3) is 0.350. The molecule has 2 aromatic carbocycles. The van der Waals surface area contributed by atoms with Gasteiger partial charge in [0.15, 0.2) is 11.6 Å². The van der Waals surface area contributed by atoms with Crippen LogP contribution >= 0.6 is 0 Å². The summed E-state index contributed by atoms with van der Waals surface area (Å²) in [6.45, 7) is 5.28. The van der Waals surface area contributed by atoms with Gasteiger partial charge >= 0.3 is 0 Å². The standard InChI is InChI=1S/C20H24FNO3/c1-13(16-8-9-18(23)17(21)12-16)22-19(24)15-6-4-14(5-7-15)10-11-20(2,3)25/h4-9,12-13,23,25H,10-11H2,1-3H3,(H,22,24)/t13-/m0/s1. The van der Waals surface area contributed by atoms with Gasteiger partial charge in [0.05, 0.1) is 11.6 Å². The second kappa shape index (κ2) is 7.66. The first-order valence-electron chi connectivity index (χ1n) is 8.26. The predicted octanol–water partition coefficient (Wildman–Crippen LogP) is 3.73. The molecule has 5 heteroatoms. The first-order chi connectivity index (χ1) is 11.7. The molecule has 0 fully saturated rings. The summed E-state index contributed by atoms with van der Waals surface area (Å²) in [7, 11) is 0. The van der Waals surface area contributed by atoms with E-state index in [4.69, 9.17) is 0 Å². The minimum Gasteiger partial charge on any atom is -0.505 e. The molecule has 0 aliphatic heterocycles. The van der Waals surface area contributed by atoms with Crippen LogP contribution in [0.2, 0.25) is 0 Å². The first-order valence-corrected chi connectivity index (χ1v) is 8.26. The quantitative estimate of drug-likeness (QED) is 0.747. The summed E-state index contributed by atoms with van der Waals surface area (Å²) in [5, 5.41) is 21.8. The number of aryl methyl sites for hydroxylation is 1. The van der Waals surface area contributed by atoms with Crippen LogP contribution in [0.1, 0.15) is 54.7 Å². The molecule has 0 bridgehead atoms. The molecule has 0 saturated carbocycles. The van der Waals surface area contributed by atoms with E-state index in [9.17, 15) is 19.4 Å². The second-order valence-corrected chi connectivity index (χ2v) is 6.92. The van der Waals surface area contributed by atoms with Crippen LogP contribution in [-0.4, -0.2) is 21.7 Å². The molecule has 2 aromatic rings. The molecule has 1 amide bonds. The third-order valence-electron chi connectivity index (χ3n) is 4.06. The number of phenolic OH excluding ortho intramolecular Hbond substituents is 1. The maximum atomic E-state index is 13.4. The average Bonchev–Trinajstić information content (AvgIpc) is 2.55. The Hall–Kier alpha value is -2.40. The van der Waals surface area contributed by atoms with Crippen LogP contribution in [0.5, 0.6) is 5.75 Å². The maximum absolute atomic E-state index is 13.4. The van der Waals surface area contributed by atoms with E-state index in [1.165, 1.54) is 12.1 Å². The Kier molecular flexibility index (Phi) is 5.80. The van der Waals surface area contributed by atoms with Crippen LogP contribution in [0.15, 0.2) is 42.5 Å². The lowest BCUT2D eigenvalue weighted by Gasteiger charge is -2.17. The number of hydrogen-bond donors (Lipinski definition) is 3. The number of hydrogen-bond acceptors (Lipinski definition) is 3. The van der Waals surface area contributed by atoms with E-state index in [1.807, 2.05) is 12.1 Å². The van der Waals surface area contributed by atoms with Gasteiger partial charge in [-0.1, -0.05) is 18.2 Å². The number of aromatic hydroxyl groups is 1. The molecule has 0 radical (unpaired) electrons. The van der Waals surface area contributed by atoms with Crippen LogP contribution in [0.4, 0.5) is 4.39 Å². The van der Waals surface area contributed by atoms with E-state index in [-0.39, 0.29) is 5.91 Å². The molecule has 0 aliphatic carbocycles. The topological polar surface area (TPSA) is 69.6 Å². The lowest BCUT2D eigenvalue weighted by Crippen LogP contribution is -2.26. The van der Waals surface area contributed by atoms with Crippen LogP contribution in [-0.2, 0) is 6.42 Å². The minimum absolute atomic E-state index is 0.255. The van der Waals surface area contributed by atoms with Crippen LogP contribution in [0.3, 0.4) is 0 Å². The molecule has 0 saturated heterocycles. The Labute approximate surface area is 147 Å². The van der Waals surface area contributed by atoms with Gasteiger partial charge in [0, 0.05) is 5.56 Å². The fourth-order valence-corrected chi connectivity index (χ4v) is 2.43. The summed E-state index contributed by atoms with van der Waals surface area (Å²) >= 11 is 0. The molecule has 0 heterocycles. The third-order valence-corrected chi connectivity index (χ3v) is 4.06. The van der Waals surface area contributed by atoms with Crippen molar-refractivity contribution in [2.75, 3.05) is 0 Å². The van der Waals surface area contributed by atoms with Crippen molar-refractivity contribution in [3.63, 3.8) is 0 Å². The Morgan fingerprint density at radius 2 is 1.84 bits per heavy atom. The van der Waals surface area contributed by atoms with Gasteiger partial charge in [-0.3, -0.25) is 4.79 Å². The van der Waals surface area contributed by atoms with Gasteiger partial charge in [0.2, 0.25) is 0 Å². The monoisotopic (exact) mass is 345 g/mol. The molecule has 0 aromatic heterocycles. The summed E-state index contributed by atoms with van der Waals surface area (Å²) in [6, 6.07) is 10.9. The average molecular weight is 345 g/mol. The normalized spacial score (nSPS) is 12.7. The van der Waals surface area contributed by atoms with Gasteiger partial charge in [0.1, 0.15) is 0 Å². The van der Waals surface area contributed by atoms with E-state index in [0.29, 0.717) is 17.5 Å². The molecule has 0 spiro atoms. The SMILES string of the molecule is C[C@H](NC(=O)c1ccc(CCC(C)(C)O)cc1)c1ccc(O)c(F)c1. The van der Waals surface area contributed by atoms with Crippen molar-refractivity contribution < 1.29 is 19.4 Å². The number of halogens is 1. The van der Waals surface area contributed by atoms with Gasteiger partial charge in [0.25, 0.3) is 5.91 Å². The van der Waals surface area contributed by atoms with Crippen molar-refractivity contribution in [3.8, 4) is 5.75 Å². The van der Waals surface area contributed by atoms with E-state index in [2.05, 4.69) is 5.32 Å². The summed E-state index contributed by atoms with van der Waals surface area (Å²) in [5.41, 5.74) is 1.42. The second-order valence-electron chi connectivity index (χ2n) is 6.92. The molecular formula is C20H24FNO3. The highest BCUT2D eigenvalue weighted by molar-refractivity contribution is 5.94. The Bertz CT molecular complexity index is 736.